The van der Waals surface area contributed by atoms with Crippen LogP contribution < -0.4 is 9.62 Å². The largest absolute Gasteiger partial charge is 0.311 e. The fourth-order valence-corrected chi connectivity index (χ4v) is 4.38. The van der Waals surface area contributed by atoms with Gasteiger partial charge in [-0.15, -0.1) is 0 Å². The molecule has 1 saturated carbocycles. The predicted molar refractivity (Wildman–Crippen MR) is 81.9 cm³/mol. The van der Waals surface area contributed by atoms with Crippen molar-refractivity contribution in [3.05, 3.63) is 29.8 Å². The number of nitrogens with zero attached hydrogens (tertiary/aromatic N) is 1. The molecule has 0 bridgehead atoms. The van der Waals surface area contributed by atoms with Gasteiger partial charge in [-0.1, -0.05) is 18.2 Å². The number of fused-ring (bicyclic) bond motifs is 1. The Kier molecular flexibility index (Phi) is 4.37. The van der Waals surface area contributed by atoms with E-state index in [4.69, 9.17) is 0 Å². The molecular formula is C15H18F2N2O3S. The van der Waals surface area contributed by atoms with Crippen LogP contribution in [0, 0.1) is 11.8 Å². The number of carbonyl (C=O) groups excluding carboxylic acids is 1. The Morgan fingerprint density at radius 2 is 2.09 bits per heavy atom. The van der Waals surface area contributed by atoms with Gasteiger partial charge in [0.15, 0.2) is 0 Å². The molecule has 0 saturated heterocycles. The number of nitrogens with one attached hydrogen (secondary N) is 1. The number of hydrogen-bond donors (Lipinski definition) is 1. The molecule has 1 N–H and O–H groups in total. The fourth-order valence-electron chi connectivity index (χ4n) is 2.98. The van der Waals surface area contributed by atoms with Crippen molar-refractivity contribution in [1.82, 2.24) is 4.72 Å². The third-order valence-corrected chi connectivity index (χ3v) is 5.82. The number of hydrogen-bond acceptors (Lipinski definition) is 3. The minimum atomic E-state index is -3.72. The number of amides is 1. The molecule has 1 aliphatic carbocycles. The molecule has 23 heavy (non-hydrogen) atoms. The van der Waals surface area contributed by atoms with Gasteiger partial charge in [0.05, 0.1) is 12.3 Å². The summed E-state index contributed by atoms with van der Waals surface area (Å²) in [6.45, 7) is 0.179. The number of halogens is 2. The Bertz CT molecular complexity index is 708. The fraction of sp³-hybridized carbons (Fsp3) is 0.533. The molecule has 1 fully saturated rings. The zero-order valence-electron chi connectivity index (χ0n) is 12.4. The van der Waals surface area contributed by atoms with E-state index in [1.54, 1.807) is 4.90 Å². The molecule has 0 unspecified atom stereocenters. The van der Waals surface area contributed by atoms with Gasteiger partial charge in [-0.2, -0.15) is 0 Å². The van der Waals surface area contributed by atoms with Crippen molar-refractivity contribution in [2.75, 3.05) is 23.7 Å². The average Bonchev–Trinajstić information content (AvgIpc) is 3.12. The van der Waals surface area contributed by atoms with Crippen LogP contribution in [0.25, 0.3) is 0 Å². The number of rotatable bonds is 6. The van der Waals surface area contributed by atoms with Gasteiger partial charge in [0.2, 0.25) is 22.4 Å². The maximum absolute atomic E-state index is 12.4. The predicted octanol–water partition coefficient (Wildman–Crippen LogP) is 1.40. The van der Waals surface area contributed by atoms with E-state index in [2.05, 4.69) is 4.72 Å². The molecule has 0 spiro atoms. The highest BCUT2D eigenvalue weighted by atomic mass is 32.2. The Labute approximate surface area is 133 Å². The van der Waals surface area contributed by atoms with Gasteiger partial charge in [-0.25, -0.2) is 21.9 Å². The number of carbonyl (C=O) groups is 1. The minimum absolute atomic E-state index is 0.228. The first-order chi connectivity index (χ1) is 10.9. The van der Waals surface area contributed by atoms with E-state index < -0.39 is 28.3 Å². The maximum atomic E-state index is 12.4. The highest BCUT2D eigenvalue weighted by Gasteiger charge is 2.46. The summed E-state index contributed by atoms with van der Waals surface area (Å²) in [4.78, 5) is 13.8. The molecule has 1 heterocycles. The molecule has 1 aromatic rings. The normalized spacial score (nSPS) is 23.2. The van der Waals surface area contributed by atoms with Crippen LogP contribution >= 0.6 is 0 Å². The molecule has 2 aliphatic rings. The van der Waals surface area contributed by atoms with Crippen LogP contribution in [-0.2, 0) is 21.2 Å². The van der Waals surface area contributed by atoms with Gasteiger partial charge in [-0.05, 0) is 30.4 Å². The first kappa shape index (κ1) is 16.3. The summed E-state index contributed by atoms with van der Waals surface area (Å²) in [7, 11) is -3.72. The standard InChI is InChI=1S/C15H18F2N2O3S/c16-15(17)12-7-11(12)9-23(21,22)18-8-14(20)19-6-5-10-3-1-2-4-13(10)19/h1-4,11-12,15,18H,5-9H2/t11-,12+/m0/s1. The van der Waals surface area contributed by atoms with Crippen molar-refractivity contribution in [1.29, 1.82) is 0 Å². The molecule has 1 aromatic carbocycles. The molecule has 126 valence electrons. The summed E-state index contributed by atoms with van der Waals surface area (Å²) < 4.78 is 50.9. The molecule has 1 aliphatic heterocycles. The van der Waals surface area contributed by atoms with Crippen LogP contribution in [0.1, 0.15) is 12.0 Å². The topological polar surface area (TPSA) is 66.5 Å². The molecule has 2 atom stereocenters. The van der Waals surface area contributed by atoms with Crippen LogP contribution in [0.3, 0.4) is 0 Å². The summed E-state index contributed by atoms with van der Waals surface area (Å²) >= 11 is 0. The molecule has 3 rings (SSSR count). The van der Waals surface area contributed by atoms with Crippen molar-refractivity contribution < 1.29 is 22.0 Å². The minimum Gasteiger partial charge on any atom is -0.311 e. The Balaban J connectivity index is 1.53. The van der Waals surface area contributed by atoms with Crippen LogP contribution in [-0.4, -0.2) is 39.6 Å². The van der Waals surface area contributed by atoms with Gasteiger partial charge >= 0.3 is 0 Å². The summed E-state index contributed by atoms with van der Waals surface area (Å²) in [5, 5.41) is 0. The Morgan fingerprint density at radius 3 is 2.78 bits per heavy atom. The van der Waals surface area contributed by atoms with Crippen LogP contribution in [0.2, 0.25) is 0 Å². The van der Waals surface area contributed by atoms with E-state index in [0.29, 0.717) is 6.54 Å². The molecule has 0 aromatic heterocycles. The molecule has 8 heteroatoms. The number of alkyl halides is 2. The molecule has 1 amide bonds. The number of anilines is 1. The van der Waals surface area contributed by atoms with Gasteiger partial charge in [0.25, 0.3) is 0 Å². The maximum Gasteiger partial charge on any atom is 0.242 e. The molecule has 5 nitrogen and oxygen atoms in total. The summed E-state index contributed by atoms with van der Waals surface area (Å²) in [6, 6.07) is 7.48. The van der Waals surface area contributed by atoms with E-state index in [0.717, 1.165) is 17.7 Å². The lowest BCUT2D eigenvalue weighted by atomic mass is 10.2. The van der Waals surface area contributed by atoms with Gasteiger partial charge < -0.3 is 4.90 Å². The van der Waals surface area contributed by atoms with Crippen LogP contribution in [0.4, 0.5) is 14.5 Å². The van der Waals surface area contributed by atoms with Crippen molar-refractivity contribution in [2.45, 2.75) is 19.3 Å². The van der Waals surface area contributed by atoms with E-state index in [9.17, 15) is 22.0 Å². The van der Waals surface area contributed by atoms with Gasteiger partial charge in [-0.3, -0.25) is 4.79 Å². The van der Waals surface area contributed by atoms with E-state index in [1.165, 1.54) is 0 Å². The summed E-state index contributed by atoms with van der Waals surface area (Å²) in [6.07, 6.45) is -1.50. The average molecular weight is 344 g/mol. The SMILES string of the molecule is O=C(CNS(=O)(=O)C[C@@H]1C[C@H]1C(F)F)N1CCc2ccccc21. The van der Waals surface area contributed by atoms with Crippen molar-refractivity contribution in [3.8, 4) is 0 Å². The first-order valence-electron chi connectivity index (χ1n) is 7.51. The third kappa shape index (κ3) is 3.69. The third-order valence-electron chi connectivity index (χ3n) is 4.37. The number of sulfonamides is 1. The van der Waals surface area contributed by atoms with Crippen molar-refractivity contribution >= 4 is 21.6 Å². The zero-order chi connectivity index (χ0) is 16.6. The van der Waals surface area contributed by atoms with E-state index in [-0.39, 0.29) is 24.6 Å². The zero-order valence-corrected chi connectivity index (χ0v) is 13.2. The lowest BCUT2D eigenvalue weighted by Crippen LogP contribution is -2.40. The second-order valence-electron chi connectivity index (χ2n) is 6.02. The lowest BCUT2D eigenvalue weighted by molar-refractivity contribution is -0.117. The Morgan fingerprint density at radius 1 is 1.35 bits per heavy atom. The van der Waals surface area contributed by atoms with E-state index in [1.807, 2.05) is 24.3 Å². The lowest BCUT2D eigenvalue weighted by Gasteiger charge is -2.17. The van der Waals surface area contributed by atoms with E-state index >= 15 is 0 Å². The molecule has 0 radical (unpaired) electrons. The summed E-state index contributed by atoms with van der Waals surface area (Å²) in [5.74, 6) is -2.01. The number of benzene rings is 1. The first-order valence-corrected chi connectivity index (χ1v) is 9.16. The smallest absolute Gasteiger partial charge is 0.242 e. The van der Waals surface area contributed by atoms with Crippen LogP contribution in [0.15, 0.2) is 24.3 Å². The second-order valence-corrected chi connectivity index (χ2v) is 7.87. The Hall–Kier alpha value is -1.54. The second kappa shape index (κ2) is 6.16. The molecular weight excluding hydrogens is 326 g/mol. The quantitative estimate of drug-likeness (QED) is 0.848. The summed E-state index contributed by atoms with van der Waals surface area (Å²) in [5.41, 5.74) is 1.86. The van der Waals surface area contributed by atoms with Crippen molar-refractivity contribution in [2.24, 2.45) is 11.8 Å². The monoisotopic (exact) mass is 344 g/mol. The van der Waals surface area contributed by atoms with Crippen LogP contribution in [0.5, 0.6) is 0 Å². The number of para-hydroxylation sites is 1. The highest BCUT2D eigenvalue weighted by Crippen LogP contribution is 2.43. The van der Waals surface area contributed by atoms with Gasteiger partial charge in [0, 0.05) is 18.2 Å². The van der Waals surface area contributed by atoms with Crippen molar-refractivity contribution in [3.63, 3.8) is 0 Å². The highest BCUT2D eigenvalue weighted by molar-refractivity contribution is 7.89. The van der Waals surface area contributed by atoms with Gasteiger partial charge in [0.1, 0.15) is 0 Å².